The minimum atomic E-state index is -0.696. The zero-order valence-corrected chi connectivity index (χ0v) is 24.2. The second-order valence-corrected chi connectivity index (χ2v) is 11.2. The van der Waals surface area contributed by atoms with Gasteiger partial charge in [-0.3, -0.25) is 29.3 Å². The number of carbonyl (C=O) groups excluding carboxylic acids is 4. The first-order chi connectivity index (χ1) is 21.2. The molecule has 0 radical (unpaired) electrons. The van der Waals surface area contributed by atoms with E-state index in [-0.39, 0.29) is 35.2 Å². The number of hydrogen-bond acceptors (Lipinski definition) is 7. The highest BCUT2D eigenvalue weighted by atomic mass is 32.2. The molecule has 0 spiro atoms. The Bertz CT molecular complexity index is 1770. The molecule has 1 aliphatic rings. The average molecular weight is 607 g/mol. The van der Waals surface area contributed by atoms with Gasteiger partial charge in [0, 0.05) is 28.6 Å². The molecule has 4 aromatic rings. The molecule has 11 heteroatoms. The van der Waals surface area contributed by atoms with Crippen molar-refractivity contribution in [1.29, 1.82) is 0 Å². The highest BCUT2D eigenvalue weighted by molar-refractivity contribution is 8.00. The lowest BCUT2D eigenvalue weighted by molar-refractivity contribution is -0.385. The van der Waals surface area contributed by atoms with Gasteiger partial charge >= 0.3 is 0 Å². The summed E-state index contributed by atoms with van der Waals surface area (Å²) in [5.74, 6) is -1.82. The Kier molecular flexibility index (Phi) is 8.96. The van der Waals surface area contributed by atoms with E-state index in [4.69, 9.17) is 0 Å². The largest absolute Gasteiger partial charge is 0.321 e. The van der Waals surface area contributed by atoms with Crippen molar-refractivity contribution in [3.8, 4) is 0 Å². The summed E-state index contributed by atoms with van der Waals surface area (Å²) in [5.41, 5.74) is 1.96. The van der Waals surface area contributed by atoms with E-state index in [1.54, 1.807) is 72.8 Å². The summed E-state index contributed by atoms with van der Waals surface area (Å²) in [7, 11) is 0. The molecule has 1 unspecified atom stereocenters. The maximum absolute atomic E-state index is 13.3. The van der Waals surface area contributed by atoms with Gasteiger partial charge in [-0.2, -0.15) is 0 Å². The normalized spacial score (nSPS) is 14.8. The molecule has 0 bridgehead atoms. The molecule has 1 fully saturated rings. The van der Waals surface area contributed by atoms with E-state index >= 15 is 0 Å². The van der Waals surface area contributed by atoms with Crippen molar-refractivity contribution >= 4 is 58.5 Å². The van der Waals surface area contributed by atoms with Crippen molar-refractivity contribution in [2.45, 2.75) is 23.5 Å². The molecule has 5 rings (SSSR count). The molecule has 220 valence electrons. The van der Waals surface area contributed by atoms with E-state index in [1.807, 2.05) is 19.1 Å². The number of para-hydroxylation sites is 1. The maximum Gasteiger partial charge on any atom is 0.276 e. The molecule has 1 aliphatic heterocycles. The number of carbonyl (C=O) groups is 4. The molecule has 0 aromatic heterocycles. The van der Waals surface area contributed by atoms with Gasteiger partial charge in [-0.15, -0.1) is 11.8 Å². The third-order valence-electron chi connectivity index (χ3n) is 6.75. The van der Waals surface area contributed by atoms with Gasteiger partial charge in [0.25, 0.3) is 17.5 Å². The number of imide groups is 1. The van der Waals surface area contributed by atoms with Crippen molar-refractivity contribution in [2.75, 3.05) is 10.2 Å². The van der Waals surface area contributed by atoms with Crippen LogP contribution in [0.3, 0.4) is 0 Å². The molecule has 1 heterocycles. The zero-order chi connectivity index (χ0) is 31.2. The number of rotatable bonds is 9. The molecular weight excluding hydrogens is 580 g/mol. The first-order valence-electron chi connectivity index (χ1n) is 13.5. The molecule has 0 aliphatic carbocycles. The van der Waals surface area contributed by atoms with Crippen LogP contribution in [0.2, 0.25) is 0 Å². The smallest absolute Gasteiger partial charge is 0.276 e. The standard InChI is InChI=1S/C33H26N4O6S/c1-21-11-15-25(16-12-21)36-30(38)20-29(33(36)41)44-26-17-13-24(14-18-26)34-32(40)27(35-31(39)22-7-3-2-4-8-22)19-23-9-5-6-10-28(23)37(42)43/h2-19,29H,20H2,1H3,(H,34,40)(H,35,39)/b27-19+. The summed E-state index contributed by atoms with van der Waals surface area (Å²) in [6.07, 6.45) is 1.32. The van der Waals surface area contributed by atoms with Crippen LogP contribution in [0.25, 0.3) is 6.08 Å². The Morgan fingerprint density at radius 3 is 2.25 bits per heavy atom. The highest BCUT2D eigenvalue weighted by Gasteiger charge is 2.40. The van der Waals surface area contributed by atoms with E-state index in [0.717, 1.165) is 5.56 Å². The van der Waals surface area contributed by atoms with Crippen LogP contribution in [0, 0.1) is 17.0 Å². The molecule has 1 atom stereocenters. The van der Waals surface area contributed by atoms with E-state index in [0.29, 0.717) is 21.8 Å². The Labute approximate surface area is 256 Å². The Hall–Kier alpha value is -5.55. The van der Waals surface area contributed by atoms with Crippen molar-refractivity contribution in [3.63, 3.8) is 0 Å². The maximum atomic E-state index is 13.3. The fourth-order valence-electron chi connectivity index (χ4n) is 4.51. The number of amides is 4. The lowest BCUT2D eigenvalue weighted by Crippen LogP contribution is -2.31. The van der Waals surface area contributed by atoms with Gasteiger partial charge in [0.2, 0.25) is 11.8 Å². The molecule has 2 N–H and O–H groups in total. The molecule has 10 nitrogen and oxygen atoms in total. The number of nitro benzene ring substituents is 1. The number of thioether (sulfide) groups is 1. The molecule has 4 amide bonds. The minimum Gasteiger partial charge on any atom is -0.321 e. The molecule has 1 saturated heterocycles. The van der Waals surface area contributed by atoms with Gasteiger partial charge in [0.05, 0.1) is 21.4 Å². The summed E-state index contributed by atoms with van der Waals surface area (Å²) >= 11 is 1.25. The van der Waals surface area contributed by atoms with Crippen LogP contribution in [0.4, 0.5) is 17.1 Å². The predicted molar refractivity (Wildman–Crippen MR) is 168 cm³/mol. The number of benzene rings is 4. The van der Waals surface area contributed by atoms with Crippen LogP contribution in [0.1, 0.15) is 27.9 Å². The van der Waals surface area contributed by atoms with Gasteiger partial charge in [0.15, 0.2) is 0 Å². The summed E-state index contributed by atoms with van der Waals surface area (Å²) in [5, 5.41) is 16.2. The van der Waals surface area contributed by atoms with Crippen LogP contribution in [0.15, 0.2) is 114 Å². The Balaban J connectivity index is 1.31. The second-order valence-electron chi connectivity index (χ2n) is 9.89. The lowest BCUT2D eigenvalue weighted by Gasteiger charge is -2.15. The monoisotopic (exact) mass is 606 g/mol. The van der Waals surface area contributed by atoms with Crippen molar-refractivity contribution in [1.82, 2.24) is 5.32 Å². The summed E-state index contributed by atoms with van der Waals surface area (Å²) in [6, 6.07) is 28.0. The van der Waals surface area contributed by atoms with Crippen LogP contribution in [0.5, 0.6) is 0 Å². The number of anilines is 2. The Morgan fingerprint density at radius 1 is 0.909 bits per heavy atom. The van der Waals surface area contributed by atoms with Gasteiger partial charge in [-0.25, -0.2) is 4.90 Å². The number of nitrogens with one attached hydrogen (secondary N) is 2. The van der Waals surface area contributed by atoms with Gasteiger partial charge < -0.3 is 10.6 Å². The van der Waals surface area contributed by atoms with Gasteiger partial charge in [0.1, 0.15) is 5.70 Å². The van der Waals surface area contributed by atoms with Crippen LogP contribution in [-0.4, -0.2) is 33.8 Å². The molecule has 4 aromatic carbocycles. The van der Waals surface area contributed by atoms with Gasteiger partial charge in [-0.1, -0.05) is 48.0 Å². The third kappa shape index (κ3) is 6.90. The van der Waals surface area contributed by atoms with Crippen molar-refractivity contribution in [3.05, 3.63) is 136 Å². The van der Waals surface area contributed by atoms with Crippen LogP contribution >= 0.6 is 11.8 Å². The van der Waals surface area contributed by atoms with Crippen molar-refractivity contribution in [2.24, 2.45) is 0 Å². The molecule has 0 saturated carbocycles. The fourth-order valence-corrected chi connectivity index (χ4v) is 5.57. The fraction of sp³-hybridized carbons (Fsp3) is 0.0909. The third-order valence-corrected chi connectivity index (χ3v) is 7.95. The average Bonchev–Trinajstić information content (AvgIpc) is 3.30. The summed E-state index contributed by atoms with van der Waals surface area (Å²) in [6.45, 7) is 1.93. The number of nitrogens with zero attached hydrogens (tertiary/aromatic N) is 2. The number of hydrogen-bond donors (Lipinski definition) is 2. The van der Waals surface area contributed by atoms with E-state index in [1.165, 1.54) is 40.9 Å². The van der Waals surface area contributed by atoms with Crippen LogP contribution < -0.4 is 15.5 Å². The number of aryl methyl sites for hydroxylation is 1. The van der Waals surface area contributed by atoms with Crippen LogP contribution in [-0.2, 0) is 14.4 Å². The Morgan fingerprint density at radius 2 is 1.57 bits per heavy atom. The summed E-state index contributed by atoms with van der Waals surface area (Å²) < 4.78 is 0. The second kappa shape index (κ2) is 13.2. The minimum absolute atomic E-state index is 0.0662. The SMILES string of the molecule is Cc1ccc(N2C(=O)CC(Sc3ccc(NC(=O)/C(=C\c4ccccc4[N+](=O)[O-])NC(=O)c4ccccc4)cc3)C2=O)cc1. The quantitative estimate of drug-likeness (QED) is 0.107. The first-order valence-corrected chi connectivity index (χ1v) is 14.4. The molecule has 44 heavy (non-hydrogen) atoms. The summed E-state index contributed by atoms with van der Waals surface area (Å²) in [4.78, 5) is 64.8. The lowest BCUT2D eigenvalue weighted by atomic mass is 10.1. The van der Waals surface area contributed by atoms with Gasteiger partial charge in [-0.05, 0) is 67.6 Å². The van der Waals surface area contributed by atoms with E-state index in [2.05, 4.69) is 10.6 Å². The highest BCUT2D eigenvalue weighted by Crippen LogP contribution is 2.34. The van der Waals surface area contributed by atoms with Crippen molar-refractivity contribution < 1.29 is 24.1 Å². The zero-order valence-electron chi connectivity index (χ0n) is 23.4. The number of nitro groups is 1. The van der Waals surface area contributed by atoms with E-state index in [9.17, 15) is 29.3 Å². The topological polar surface area (TPSA) is 139 Å². The van der Waals surface area contributed by atoms with E-state index < -0.39 is 22.0 Å². The predicted octanol–water partition coefficient (Wildman–Crippen LogP) is 5.74. The molecular formula is C33H26N4O6S. The first kappa shape index (κ1) is 29.9.